The summed E-state index contributed by atoms with van der Waals surface area (Å²) in [4.78, 5) is 13.2. The quantitative estimate of drug-likeness (QED) is 0.524. The Morgan fingerprint density at radius 3 is 2.46 bits per heavy atom. The highest BCUT2D eigenvalue weighted by Crippen LogP contribution is 2.21. The van der Waals surface area contributed by atoms with Crippen molar-refractivity contribution in [1.29, 1.82) is 0 Å². The van der Waals surface area contributed by atoms with E-state index in [1.54, 1.807) is 18.9 Å². The van der Waals surface area contributed by atoms with Crippen molar-refractivity contribution in [1.82, 2.24) is 5.32 Å². The van der Waals surface area contributed by atoms with Crippen LogP contribution in [0.15, 0.2) is 53.4 Å². The van der Waals surface area contributed by atoms with Crippen LogP contribution in [-0.4, -0.2) is 18.8 Å². The van der Waals surface area contributed by atoms with Gasteiger partial charge in [-0.2, -0.15) is 0 Å². The van der Waals surface area contributed by atoms with Gasteiger partial charge < -0.3 is 10.1 Å². The van der Waals surface area contributed by atoms with Crippen LogP contribution < -0.4 is 10.1 Å². The predicted molar refractivity (Wildman–Crippen MR) is 101 cm³/mol. The molecule has 0 aliphatic rings. The number of benzene rings is 2. The minimum absolute atomic E-state index is 0.00711. The highest BCUT2D eigenvalue weighted by Gasteiger charge is 2.09. The number of nitrogens with one attached hydrogen (secondary N) is 1. The van der Waals surface area contributed by atoms with Gasteiger partial charge in [0.15, 0.2) is 0 Å². The Hall–Kier alpha value is -1.65. The Balaban J connectivity index is 1.69. The lowest BCUT2D eigenvalue weighted by Gasteiger charge is -2.14. The summed E-state index contributed by atoms with van der Waals surface area (Å²) in [5.41, 5.74) is 1.07. The third kappa shape index (κ3) is 6.10. The van der Waals surface area contributed by atoms with Gasteiger partial charge in [-0.3, -0.25) is 4.79 Å². The van der Waals surface area contributed by atoms with Crippen LogP contribution in [0.5, 0.6) is 5.75 Å². The first kappa shape index (κ1) is 18.7. The number of thioether (sulfide) groups is 1. The fourth-order valence-corrected chi connectivity index (χ4v) is 3.22. The molecule has 0 aromatic heterocycles. The van der Waals surface area contributed by atoms with E-state index in [9.17, 15) is 4.79 Å². The highest BCUT2D eigenvalue weighted by molar-refractivity contribution is 7.99. The summed E-state index contributed by atoms with van der Waals surface area (Å²) in [5.74, 6) is 1.80. The molecule has 1 unspecified atom stereocenters. The Bertz CT molecular complexity index is 643. The molecule has 3 nitrogen and oxygen atoms in total. The molecule has 1 amide bonds. The van der Waals surface area contributed by atoms with Crippen molar-refractivity contribution < 1.29 is 9.53 Å². The Morgan fingerprint density at radius 2 is 1.83 bits per heavy atom. The van der Waals surface area contributed by atoms with E-state index in [0.717, 1.165) is 28.5 Å². The summed E-state index contributed by atoms with van der Waals surface area (Å²) < 4.78 is 5.14. The van der Waals surface area contributed by atoms with Crippen LogP contribution in [0, 0.1) is 0 Å². The summed E-state index contributed by atoms with van der Waals surface area (Å²) >= 11 is 7.60. The summed E-state index contributed by atoms with van der Waals surface area (Å²) in [6.45, 7) is 1.99. The zero-order valence-corrected chi connectivity index (χ0v) is 15.5. The van der Waals surface area contributed by atoms with Gasteiger partial charge in [-0.15, -0.1) is 11.8 Å². The lowest BCUT2D eigenvalue weighted by Crippen LogP contribution is -2.26. The Kier molecular flexibility index (Phi) is 7.47. The number of methoxy groups -OCH3 is 1. The lowest BCUT2D eigenvalue weighted by atomic mass is 10.1. The van der Waals surface area contributed by atoms with Crippen molar-refractivity contribution in [3.63, 3.8) is 0 Å². The normalized spacial score (nSPS) is 11.8. The average molecular weight is 364 g/mol. The molecular formula is C19H22ClNO2S. The first-order valence-corrected chi connectivity index (χ1v) is 9.26. The zero-order valence-electron chi connectivity index (χ0n) is 13.9. The SMILES string of the molecule is COc1ccc(C(C)NC(=O)CCCSc2ccc(Cl)cc2)cc1. The van der Waals surface area contributed by atoms with E-state index in [-0.39, 0.29) is 11.9 Å². The average Bonchev–Trinajstić information content (AvgIpc) is 2.60. The van der Waals surface area contributed by atoms with Crippen molar-refractivity contribution in [2.45, 2.75) is 30.7 Å². The Labute approximate surface area is 152 Å². The van der Waals surface area contributed by atoms with Crippen LogP contribution in [0.3, 0.4) is 0 Å². The number of hydrogen-bond acceptors (Lipinski definition) is 3. The molecule has 0 spiro atoms. The van der Waals surface area contributed by atoms with Crippen molar-refractivity contribution >= 4 is 29.3 Å². The molecule has 2 aromatic carbocycles. The molecule has 5 heteroatoms. The highest BCUT2D eigenvalue weighted by atomic mass is 35.5. The molecule has 1 atom stereocenters. The van der Waals surface area contributed by atoms with Gasteiger partial charge in [0, 0.05) is 16.3 Å². The number of ether oxygens (including phenoxy) is 1. The molecule has 128 valence electrons. The van der Waals surface area contributed by atoms with E-state index >= 15 is 0 Å². The number of rotatable bonds is 8. The van der Waals surface area contributed by atoms with Crippen LogP contribution in [0.2, 0.25) is 5.02 Å². The van der Waals surface area contributed by atoms with Crippen LogP contribution >= 0.6 is 23.4 Å². The van der Waals surface area contributed by atoms with Crippen molar-refractivity contribution in [2.75, 3.05) is 12.9 Å². The standard InChI is InChI=1S/C19H22ClNO2S/c1-14(15-5-9-17(23-2)10-6-15)21-19(22)4-3-13-24-18-11-7-16(20)8-12-18/h5-12,14H,3-4,13H2,1-2H3,(H,21,22). The maximum Gasteiger partial charge on any atom is 0.220 e. The fourth-order valence-electron chi connectivity index (χ4n) is 2.24. The van der Waals surface area contributed by atoms with Gasteiger partial charge in [0.05, 0.1) is 13.2 Å². The van der Waals surface area contributed by atoms with E-state index in [1.807, 2.05) is 55.5 Å². The molecule has 2 rings (SSSR count). The summed E-state index contributed by atoms with van der Waals surface area (Å²) in [5, 5.41) is 3.78. The monoisotopic (exact) mass is 363 g/mol. The first-order valence-electron chi connectivity index (χ1n) is 7.90. The van der Waals surface area contributed by atoms with Crippen LogP contribution in [-0.2, 0) is 4.79 Å². The topological polar surface area (TPSA) is 38.3 Å². The second-order valence-corrected chi connectivity index (χ2v) is 7.07. The van der Waals surface area contributed by atoms with Gasteiger partial charge >= 0.3 is 0 Å². The van der Waals surface area contributed by atoms with Crippen molar-refractivity contribution in [3.8, 4) is 5.75 Å². The van der Waals surface area contributed by atoms with Crippen molar-refractivity contribution in [3.05, 3.63) is 59.1 Å². The number of carbonyl (C=O) groups excluding carboxylic acids is 1. The molecular weight excluding hydrogens is 342 g/mol. The first-order chi connectivity index (χ1) is 11.6. The molecule has 2 aromatic rings. The molecule has 1 N–H and O–H groups in total. The molecule has 24 heavy (non-hydrogen) atoms. The smallest absolute Gasteiger partial charge is 0.220 e. The largest absolute Gasteiger partial charge is 0.497 e. The van der Waals surface area contributed by atoms with E-state index in [1.165, 1.54) is 4.90 Å². The van der Waals surface area contributed by atoms with Crippen LogP contribution in [0.1, 0.15) is 31.4 Å². The minimum atomic E-state index is -0.00711. The molecule has 0 bridgehead atoms. The number of carbonyl (C=O) groups is 1. The van der Waals surface area contributed by atoms with E-state index in [4.69, 9.17) is 16.3 Å². The van der Waals surface area contributed by atoms with Gasteiger partial charge in [-0.1, -0.05) is 23.7 Å². The van der Waals surface area contributed by atoms with E-state index in [0.29, 0.717) is 6.42 Å². The van der Waals surface area contributed by atoms with Gasteiger partial charge in [0.25, 0.3) is 0 Å². The number of amides is 1. The summed E-state index contributed by atoms with van der Waals surface area (Å²) in [6, 6.07) is 15.5. The van der Waals surface area contributed by atoms with Crippen LogP contribution in [0.4, 0.5) is 0 Å². The minimum Gasteiger partial charge on any atom is -0.497 e. The van der Waals surface area contributed by atoms with Gasteiger partial charge in [-0.05, 0) is 61.1 Å². The summed E-state index contributed by atoms with van der Waals surface area (Å²) in [7, 11) is 1.64. The fraction of sp³-hybridized carbons (Fsp3) is 0.316. The van der Waals surface area contributed by atoms with Crippen LogP contribution in [0.25, 0.3) is 0 Å². The number of halogens is 1. The number of hydrogen-bond donors (Lipinski definition) is 1. The van der Waals surface area contributed by atoms with Gasteiger partial charge in [0.1, 0.15) is 5.75 Å². The molecule has 0 fully saturated rings. The lowest BCUT2D eigenvalue weighted by molar-refractivity contribution is -0.121. The van der Waals surface area contributed by atoms with Gasteiger partial charge in [0.2, 0.25) is 5.91 Å². The third-order valence-electron chi connectivity index (χ3n) is 3.62. The molecule has 0 saturated carbocycles. The van der Waals surface area contributed by atoms with E-state index < -0.39 is 0 Å². The predicted octanol–water partition coefficient (Wildman–Crippen LogP) is 5.10. The van der Waals surface area contributed by atoms with Gasteiger partial charge in [-0.25, -0.2) is 0 Å². The molecule has 0 radical (unpaired) electrons. The molecule has 0 aliphatic carbocycles. The molecule has 0 saturated heterocycles. The molecule has 0 heterocycles. The second kappa shape index (κ2) is 9.60. The maximum absolute atomic E-state index is 12.0. The maximum atomic E-state index is 12.0. The second-order valence-electron chi connectivity index (χ2n) is 5.47. The summed E-state index contributed by atoms with van der Waals surface area (Å²) in [6.07, 6.45) is 1.37. The van der Waals surface area contributed by atoms with Crippen molar-refractivity contribution in [2.24, 2.45) is 0 Å². The molecule has 0 aliphatic heterocycles. The third-order valence-corrected chi connectivity index (χ3v) is 4.97. The Morgan fingerprint density at radius 1 is 1.17 bits per heavy atom. The van der Waals surface area contributed by atoms with E-state index in [2.05, 4.69) is 5.32 Å². The zero-order chi connectivity index (χ0) is 17.4.